The van der Waals surface area contributed by atoms with E-state index < -0.39 is 10.0 Å². The Morgan fingerprint density at radius 1 is 1.18 bits per heavy atom. The largest absolute Gasteiger partial charge is 0.352 e. The Balaban J connectivity index is 2.57. The highest BCUT2D eigenvalue weighted by Crippen LogP contribution is 2.10. The van der Waals surface area contributed by atoms with Crippen LogP contribution in [0.1, 0.15) is 43.0 Å². The second-order valence-electron chi connectivity index (χ2n) is 4.98. The summed E-state index contributed by atoms with van der Waals surface area (Å²) in [5.41, 5.74) is 0.457. The van der Waals surface area contributed by atoms with E-state index in [4.69, 9.17) is 0 Å². The maximum absolute atomic E-state index is 11.9. The van der Waals surface area contributed by atoms with Gasteiger partial charge >= 0.3 is 0 Å². The van der Waals surface area contributed by atoms with Crippen molar-refractivity contribution in [2.45, 2.75) is 37.5 Å². The Morgan fingerprint density at radius 2 is 1.86 bits per heavy atom. The topological polar surface area (TPSA) is 75.3 Å². The van der Waals surface area contributed by atoms with Gasteiger partial charge < -0.3 is 5.32 Å². The molecular weight excluding hydrogens is 300 g/mol. The van der Waals surface area contributed by atoms with E-state index in [0.29, 0.717) is 12.1 Å². The quantitative estimate of drug-likeness (QED) is 0.513. The predicted molar refractivity (Wildman–Crippen MR) is 88.3 cm³/mol. The molecule has 0 heterocycles. The molecule has 0 spiro atoms. The van der Waals surface area contributed by atoms with E-state index in [-0.39, 0.29) is 17.3 Å². The molecule has 6 heteroatoms. The van der Waals surface area contributed by atoms with Gasteiger partial charge in [0, 0.05) is 18.7 Å². The SMILES string of the molecule is C=CCNS(=O)(=O)c1ccc(C(=O)NCCCCCC)cc1. The highest BCUT2D eigenvalue weighted by molar-refractivity contribution is 7.89. The molecule has 0 fully saturated rings. The van der Waals surface area contributed by atoms with Crippen LogP contribution < -0.4 is 10.0 Å². The highest BCUT2D eigenvalue weighted by Gasteiger charge is 2.13. The molecule has 2 N–H and O–H groups in total. The van der Waals surface area contributed by atoms with Gasteiger partial charge in [-0.1, -0.05) is 32.3 Å². The average Bonchev–Trinajstić information content (AvgIpc) is 2.52. The van der Waals surface area contributed by atoms with Crippen LogP contribution in [0.4, 0.5) is 0 Å². The fraction of sp³-hybridized carbons (Fsp3) is 0.438. The molecule has 0 aliphatic carbocycles. The van der Waals surface area contributed by atoms with E-state index in [9.17, 15) is 13.2 Å². The Labute approximate surface area is 132 Å². The third kappa shape index (κ3) is 5.99. The summed E-state index contributed by atoms with van der Waals surface area (Å²) in [4.78, 5) is 12.1. The van der Waals surface area contributed by atoms with E-state index in [1.807, 2.05) is 0 Å². The third-order valence-corrected chi connectivity index (χ3v) is 4.60. The molecule has 0 aromatic heterocycles. The molecule has 0 radical (unpaired) electrons. The number of nitrogens with one attached hydrogen (secondary N) is 2. The van der Waals surface area contributed by atoms with Crippen molar-refractivity contribution in [2.75, 3.05) is 13.1 Å². The Bertz CT molecular complexity index is 580. The molecule has 5 nitrogen and oxygen atoms in total. The molecule has 0 atom stereocenters. The van der Waals surface area contributed by atoms with Gasteiger partial charge in [-0.3, -0.25) is 4.79 Å². The summed E-state index contributed by atoms with van der Waals surface area (Å²) in [5, 5.41) is 2.83. The molecule has 1 aromatic carbocycles. The minimum absolute atomic E-state index is 0.133. The lowest BCUT2D eigenvalue weighted by Crippen LogP contribution is -2.25. The van der Waals surface area contributed by atoms with E-state index in [1.165, 1.54) is 36.8 Å². The zero-order chi connectivity index (χ0) is 16.4. The molecular formula is C16H24N2O3S. The summed E-state index contributed by atoms with van der Waals surface area (Å²) in [7, 11) is -3.55. The van der Waals surface area contributed by atoms with Crippen LogP contribution in [0.15, 0.2) is 41.8 Å². The predicted octanol–water partition coefficient (Wildman–Crippen LogP) is 2.46. The van der Waals surface area contributed by atoms with Gasteiger partial charge in [0.1, 0.15) is 0 Å². The van der Waals surface area contributed by atoms with E-state index in [2.05, 4.69) is 23.5 Å². The van der Waals surface area contributed by atoms with Gasteiger partial charge in [-0.2, -0.15) is 0 Å². The standard InChI is InChI=1S/C16H24N2O3S/c1-3-5-6-7-13-17-16(19)14-8-10-15(11-9-14)22(20,21)18-12-4-2/h4,8-11,18H,2-3,5-7,12-13H2,1H3,(H,17,19). The van der Waals surface area contributed by atoms with E-state index in [1.54, 1.807) is 0 Å². The Kier molecular flexibility index (Phi) is 7.84. The van der Waals surface area contributed by atoms with Gasteiger partial charge in [-0.25, -0.2) is 13.1 Å². The smallest absolute Gasteiger partial charge is 0.251 e. The number of unbranched alkanes of at least 4 members (excludes halogenated alkanes) is 3. The molecule has 0 saturated carbocycles. The summed E-state index contributed by atoms with van der Waals surface area (Å²) in [5.74, 6) is -0.181. The first-order valence-corrected chi connectivity index (χ1v) is 8.98. The second-order valence-corrected chi connectivity index (χ2v) is 6.75. The van der Waals surface area contributed by atoms with Gasteiger partial charge in [0.15, 0.2) is 0 Å². The summed E-state index contributed by atoms with van der Waals surface area (Å²) < 4.78 is 26.2. The van der Waals surface area contributed by atoms with Gasteiger partial charge in [-0.05, 0) is 30.7 Å². The zero-order valence-electron chi connectivity index (χ0n) is 13.0. The third-order valence-electron chi connectivity index (χ3n) is 3.16. The van der Waals surface area contributed by atoms with Crippen molar-refractivity contribution < 1.29 is 13.2 Å². The van der Waals surface area contributed by atoms with Crippen LogP contribution in [0, 0.1) is 0 Å². The van der Waals surface area contributed by atoms with Crippen molar-refractivity contribution in [2.24, 2.45) is 0 Å². The van der Waals surface area contributed by atoms with Crippen LogP contribution in [0.25, 0.3) is 0 Å². The van der Waals surface area contributed by atoms with Crippen molar-refractivity contribution in [3.63, 3.8) is 0 Å². The lowest BCUT2D eigenvalue weighted by Gasteiger charge is -2.07. The van der Waals surface area contributed by atoms with E-state index >= 15 is 0 Å². The lowest BCUT2D eigenvalue weighted by atomic mass is 10.2. The summed E-state index contributed by atoms with van der Waals surface area (Å²) in [6.45, 7) is 6.41. The summed E-state index contributed by atoms with van der Waals surface area (Å²) in [6.07, 6.45) is 5.85. The van der Waals surface area contributed by atoms with Crippen molar-refractivity contribution in [3.05, 3.63) is 42.5 Å². The van der Waals surface area contributed by atoms with Crippen LogP contribution >= 0.6 is 0 Å². The van der Waals surface area contributed by atoms with Crippen molar-refractivity contribution in [1.82, 2.24) is 10.0 Å². The molecule has 1 aromatic rings. The van der Waals surface area contributed by atoms with Crippen LogP contribution in [-0.4, -0.2) is 27.4 Å². The minimum atomic E-state index is -3.55. The molecule has 0 aliphatic heterocycles. The zero-order valence-corrected chi connectivity index (χ0v) is 13.8. The second kappa shape index (κ2) is 9.38. The number of carbonyl (C=O) groups excluding carboxylic acids is 1. The monoisotopic (exact) mass is 324 g/mol. The lowest BCUT2D eigenvalue weighted by molar-refractivity contribution is 0.0953. The van der Waals surface area contributed by atoms with Gasteiger partial charge in [-0.15, -0.1) is 6.58 Å². The Hall–Kier alpha value is -1.66. The molecule has 1 rings (SSSR count). The fourth-order valence-electron chi connectivity index (χ4n) is 1.89. The maximum atomic E-state index is 11.9. The van der Waals surface area contributed by atoms with Gasteiger partial charge in [0.25, 0.3) is 5.91 Å². The normalized spacial score (nSPS) is 11.1. The highest BCUT2D eigenvalue weighted by atomic mass is 32.2. The summed E-state index contributed by atoms with van der Waals surface area (Å²) >= 11 is 0. The van der Waals surface area contributed by atoms with Crippen molar-refractivity contribution in [1.29, 1.82) is 0 Å². The first-order chi connectivity index (χ1) is 10.5. The summed E-state index contributed by atoms with van der Waals surface area (Å²) in [6, 6.07) is 5.89. The molecule has 1 amide bonds. The van der Waals surface area contributed by atoms with Gasteiger partial charge in [0.05, 0.1) is 4.90 Å². The number of carbonyl (C=O) groups is 1. The number of rotatable bonds is 10. The minimum Gasteiger partial charge on any atom is -0.352 e. The van der Waals surface area contributed by atoms with Crippen molar-refractivity contribution in [3.8, 4) is 0 Å². The first-order valence-electron chi connectivity index (χ1n) is 7.50. The average molecular weight is 324 g/mol. The molecule has 0 unspecified atom stereocenters. The number of sulfonamides is 1. The molecule has 0 bridgehead atoms. The molecule has 0 aliphatic rings. The number of hydrogen-bond donors (Lipinski definition) is 2. The molecule has 0 saturated heterocycles. The number of benzene rings is 1. The first kappa shape index (κ1) is 18.4. The number of hydrogen-bond acceptors (Lipinski definition) is 3. The van der Waals surface area contributed by atoms with Crippen LogP contribution in [0.2, 0.25) is 0 Å². The van der Waals surface area contributed by atoms with Crippen LogP contribution in [0.5, 0.6) is 0 Å². The Morgan fingerprint density at radius 3 is 2.45 bits per heavy atom. The fourth-order valence-corrected chi connectivity index (χ4v) is 2.89. The number of amides is 1. The molecule has 122 valence electrons. The van der Waals surface area contributed by atoms with Crippen molar-refractivity contribution >= 4 is 15.9 Å². The molecule has 22 heavy (non-hydrogen) atoms. The van der Waals surface area contributed by atoms with Gasteiger partial charge in [0.2, 0.25) is 10.0 Å². The maximum Gasteiger partial charge on any atom is 0.251 e. The van der Waals surface area contributed by atoms with Crippen LogP contribution in [0.3, 0.4) is 0 Å². The van der Waals surface area contributed by atoms with E-state index in [0.717, 1.165) is 19.3 Å². The van der Waals surface area contributed by atoms with Crippen LogP contribution in [-0.2, 0) is 10.0 Å².